The van der Waals surface area contributed by atoms with Crippen molar-refractivity contribution in [2.75, 3.05) is 17.2 Å². The number of halogens is 1. The van der Waals surface area contributed by atoms with E-state index >= 15 is 0 Å². The molecule has 1 amide bonds. The summed E-state index contributed by atoms with van der Waals surface area (Å²) in [6.45, 7) is 2.55. The number of hydrogen-bond acceptors (Lipinski definition) is 4. The van der Waals surface area contributed by atoms with Gasteiger partial charge in [-0.1, -0.05) is 6.92 Å². The van der Waals surface area contributed by atoms with Gasteiger partial charge in [0.25, 0.3) is 5.91 Å². The van der Waals surface area contributed by atoms with E-state index in [0.29, 0.717) is 6.54 Å². The van der Waals surface area contributed by atoms with Crippen LogP contribution in [0.25, 0.3) is 0 Å². The van der Waals surface area contributed by atoms with Gasteiger partial charge in [0.1, 0.15) is 0 Å². The summed E-state index contributed by atoms with van der Waals surface area (Å²) >= 11 is 0. The third-order valence-electron chi connectivity index (χ3n) is 2.41. The van der Waals surface area contributed by atoms with Crippen molar-refractivity contribution < 1.29 is 9.18 Å². The van der Waals surface area contributed by atoms with Crippen LogP contribution in [0.5, 0.6) is 0 Å². The fourth-order valence-corrected chi connectivity index (χ4v) is 1.49. The molecular formula is C12H14FN5O. The minimum absolute atomic E-state index is 0.0777. The molecule has 0 aliphatic heterocycles. The van der Waals surface area contributed by atoms with Crippen LogP contribution in [0.15, 0.2) is 24.7 Å². The quantitative estimate of drug-likeness (QED) is 0.770. The number of nitrogens with zero attached hydrogens (tertiary/aromatic N) is 2. The van der Waals surface area contributed by atoms with E-state index in [-0.39, 0.29) is 17.3 Å². The summed E-state index contributed by atoms with van der Waals surface area (Å²) in [5.74, 6) is -0.896. The Morgan fingerprint density at radius 1 is 1.42 bits per heavy atom. The first-order chi connectivity index (χ1) is 9.22. The summed E-state index contributed by atoms with van der Waals surface area (Å²) in [6.07, 6.45) is 5.28. The largest absolute Gasteiger partial charge is 0.368 e. The van der Waals surface area contributed by atoms with E-state index in [9.17, 15) is 9.18 Å². The van der Waals surface area contributed by atoms with Gasteiger partial charge in [-0.05, 0) is 12.5 Å². The third kappa shape index (κ3) is 3.06. The zero-order valence-corrected chi connectivity index (χ0v) is 10.4. The molecule has 0 saturated heterocycles. The zero-order chi connectivity index (χ0) is 13.7. The van der Waals surface area contributed by atoms with E-state index in [2.05, 4.69) is 25.6 Å². The highest BCUT2D eigenvalue weighted by atomic mass is 19.1. The number of aromatic nitrogens is 3. The number of rotatable bonds is 5. The van der Waals surface area contributed by atoms with Crippen molar-refractivity contribution in [2.24, 2.45) is 0 Å². The van der Waals surface area contributed by atoms with Gasteiger partial charge in [-0.2, -0.15) is 0 Å². The van der Waals surface area contributed by atoms with E-state index in [1.54, 1.807) is 6.20 Å². The highest BCUT2D eigenvalue weighted by Crippen LogP contribution is 2.16. The summed E-state index contributed by atoms with van der Waals surface area (Å²) in [5.41, 5.74) is -0.0787. The van der Waals surface area contributed by atoms with Gasteiger partial charge in [0, 0.05) is 25.1 Å². The number of H-pyrrole nitrogens is 1. The lowest BCUT2D eigenvalue weighted by Gasteiger charge is -2.08. The molecule has 0 unspecified atom stereocenters. The van der Waals surface area contributed by atoms with Crippen LogP contribution in [0.4, 0.5) is 16.2 Å². The average Bonchev–Trinajstić information content (AvgIpc) is 2.90. The summed E-state index contributed by atoms with van der Waals surface area (Å²) < 4.78 is 14.1. The predicted molar refractivity (Wildman–Crippen MR) is 69.5 cm³/mol. The van der Waals surface area contributed by atoms with Crippen molar-refractivity contribution in [1.29, 1.82) is 0 Å². The van der Waals surface area contributed by atoms with Crippen molar-refractivity contribution >= 4 is 17.7 Å². The maximum atomic E-state index is 14.1. The Morgan fingerprint density at radius 3 is 2.95 bits per heavy atom. The molecule has 0 aliphatic rings. The van der Waals surface area contributed by atoms with Crippen LogP contribution in [0.2, 0.25) is 0 Å². The molecule has 0 radical (unpaired) electrons. The highest BCUT2D eigenvalue weighted by molar-refractivity contribution is 6.03. The third-order valence-corrected chi connectivity index (χ3v) is 2.41. The van der Waals surface area contributed by atoms with Gasteiger partial charge in [0.2, 0.25) is 5.95 Å². The van der Waals surface area contributed by atoms with Crippen LogP contribution < -0.4 is 10.6 Å². The SMILES string of the molecule is CCCNc1nccc(C(=O)Nc2ncc[nH]2)c1F. The molecule has 0 atom stereocenters. The van der Waals surface area contributed by atoms with Gasteiger partial charge >= 0.3 is 0 Å². The number of anilines is 2. The Bertz CT molecular complexity index is 555. The number of carbonyl (C=O) groups is 1. The van der Waals surface area contributed by atoms with Crippen LogP contribution in [-0.4, -0.2) is 27.4 Å². The first-order valence-electron chi connectivity index (χ1n) is 5.91. The fraction of sp³-hybridized carbons (Fsp3) is 0.250. The molecule has 2 rings (SSSR count). The summed E-state index contributed by atoms with van der Waals surface area (Å²) in [5, 5.41) is 5.29. The molecule has 0 bridgehead atoms. The molecule has 3 N–H and O–H groups in total. The van der Waals surface area contributed by atoms with E-state index in [0.717, 1.165) is 6.42 Å². The van der Waals surface area contributed by atoms with Crippen LogP contribution in [0, 0.1) is 5.82 Å². The van der Waals surface area contributed by atoms with Crippen molar-refractivity contribution in [3.05, 3.63) is 36.0 Å². The summed E-state index contributed by atoms with van der Waals surface area (Å²) in [6, 6.07) is 1.32. The molecule has 6 nitrogen and oxygen atoms in total. The Balaban J connectivity index is 2.17. The Hall–Kier alpha value is -2.44. The van der Waals surface area contributed by atoms with Crippen LogP contribution in [0.1, 0.15) is 23.7 Å². The molecule has 19 heavy (non-hydrogen) atoms. The van der Waals surface area contributed by atoms with Crippen molar-refractivity contribution in [3.8, 4) is 0 Å². The minimum Gasteiger partial charge on any atom is -0.368 e. The smallest absolute Gasteiger partial charge is 0.261 e. The standard InChI is InChI=1S/C12H14FN5O/c1-2-4-14-10-9(13)8(3-5-15-10)11(19)18-12-16-6-7-17-12/h3,5-7H,2,4H2,1H3,(H,14,15)(H2,16,17,18,19). The maximum Gasteiger partial charge on any atom is 0.261 e. The van der Waals surface area contributed by atoms with E-state index in [1.807, 2.05) is 6.92 Å². The number of aromatic amines is 1. The number of amides is 1. The maximum absolute atomic E-state index is 14.1. The summed E-state index contributed by atoms with van der Waals surface area (Å²) in [7, 11) is 0. The molecule has 2 aromatic rings. The van der Waals surface area contributed by atoms with Gasteiger partial charge in [0.05, 0.1) is 5.56 Å². The predicted octanol–water partition coefficient (Wildman–Crippen LogP) is 2.02. The molecule has 100 valence electrons. The second-order valence-electron chi connectivity index (χ2n) is 3.84. The second-order valence-corrected chi connectivity index (χ2v) is 3.84. The van der Waals surface area contributed by atoms with Gasteiger partial charge < -0.3 is 10.3 Å². The van der Waals surface area contributed by atoms with Crippen molar-refractivity contribution in [2.45, 2.75) is 13.3 Å². The molecule has 0 aromatic carbocycles. The van der Waals surface area contributed by atoms with Crippen LogP contribution >= 0.6 is 0 Å². The Morgan fingerprint density at radius 2 is 2.26 bits per heavy atom. The monoisotopic (exact) mass is 263 g/mol. The second kappa shape index (κ2) is 5.94. The molecular weight excluding hydrogens is 249 g/mol. The van der Waals surface area contributed by atoms with Gasteiger partial charge in [-0.15, -0.1) is 0 Å². The zero-order valence-electron chi connectivity index (χ0n) is 10.4. The number of hydrogen-bond donors (Lipinski definition) is 3. The molecule has 0 spiro atoms. The van der Waals surface area contributed by atoms with Crippen LogP contribution in [0.3, 0.4) is 0 Å². The topological polar surface area (TPSA) is 82.7 Å². The molecule has 0 saturated carbocycles. The van der Waals surface area contributed by atoms with E-state index in [1.165, 1.54) is 18.5 Å². The Kier molecular flexibility index (Phi) is 4.07. The average molecular weight is 263 g/mol. The van der Waals surface area contributed by atoms with Crippen molar-refractivity contribution in [3.63, 3.8) is 0 Å². The number of nitrogens with one attached hydrogen (secondary N) is 3. The first-order valence-corrected chi connectivity index (χ1v) is 5.91. The Labute approximate surface area is 109 Å². The minimum atomic E-state index is -0.667. The lowest BCUT2D eigenvalue weighted by Crippen LogP contribution is -2.16. The van der Waals surface area contributed by atoms with Gasteiger partial charge in [-0.25, -0.2) is 14.4 Å². The molecule has 0 aliphatic carbocycles. The summed E-state index contributed by atoms with van der Waals surface area (Å²) in [4.78, 5) is 22.3. The lowest BCUT2D eigenvalue weighted by atomic mass is 10.2. The molecule has 7 heteroatoms. The van der Waals surface area contributed by atoms with E-state index in [4.69, 9.17) is 0 Å². The normalized spacial score (nSPS) is 10.2. The van der Waals surface area contributed by atoms with Gasteiger partial charge in [0.15, 0.2) is 11.6 Å². The molecule has 2 aromatic heterocycles. The number of pyridine rings is 1. The number of carbonyl (C=O) groups excluding carboxylic acids is 1. The van der Waals surface area contributed by atoms with Crippen molar-refractivity contribution in [1.82, 2.24) is 15.0 Å². The molecule has 2 heterocycles. The van der Waals surface area contributed by atoms with E-state index < -0.39 is 11.7 Å². The number of imidazole rings is 1. The lowest BCUT2D eigenvalue weighted by molar-refractivity contribution is 0.102. The first kappa shape index (κ1) is 13.0. The van der Waals surface area contributed by atoms with Gasteiger partial charge in [-0.3, -0.25) is 10.1 Å². The molecule has 0 fully saturated rings. The van der Waals surface area contributed by atoms with Crippen LogP contribution in [-0.2, 0) is 0 Å². The highest BCUT2D eigenvalue weighted by Gasteiger charge is 2.16. The fourth-order valence-electron chi connectivity index (χ4n) is 1.49.